The third-order valence-corrected chi connectivity index (χ3v) is 7.44. The molecular weight excluding hydrogens is 463 g/mol. The van der Waals surface area contributed by atoms with E-state index < -0.39 is 15.7 Å². The highest BCUT2D eigenvalue weighted by atomic mass is 32.2. The topological polar surface area (TPSA) is 76.5 Å². The summed E-state index contributed by atoms with van der Waals surface area (Å²) in [5.74, 6) is -0.658. The predicted molar refractivity (Wildman–Crippen MR) is 130 cm³/mol. The third kappa shape index (κ3) is 6.74. The van der Waals surface area contributed by atoms with Crippen molar-refractivity contribution < 1.29 is 17.5 Å². The molecule has 10 heteroatoms. The van der Waals surface area contributed by atoms with E-state index in [-0.39, 0.29) is 29.1 Å². The monoisotopic (exact) mass is 496 g/mol. The number of thiocarbonyl (C=S) groups is 1. The van der Waals surface area contributed by atoms with Gasteiger partial charge in [0.05, 0.1) is 36.8 Å². The molecule has 33 heavy (non-hydrogen) atoms. The first kappa shape index (κ1) is 25.6. The first-order valence-corrected chi connectivity index (χ1v) is 13.3. The molecule has 1 aromatic heterocycles. The number of nitrogens with one attached hydrogen (secondary N) is 1. The van der Waals surface area contributed by atoms with Crippen LogP contribution in [0.4, 0.5) is 4.39 Å². The molecule has 1 fully saturated rings. The minimum absolute atomic E-state index is 0.00349. The van der Waals surface area contributed by atoms with Crippen LogP contribution in [0.1, 0.15) is 51.8 Å². The van der Waals surface area contributed by atoms with Gasteiger partial charge >= 0.3 is 0 Å². The lowest BCUT2D eigenvalue weighted by atomic mass is 10.2. The molecule has 0 saturated carbocycles. The molecule has 182 valence electrons. The maximum absolute atomic E-state index is 13.3. The van der Waals surface area contributed by atoms with E-state index in [1.165, 1.54) is 24.3 Å². The maximum Gasteiger partial charge on any atom is 0.228 e. The molecule has 0 spiro atoms. The second-order valence-corrected chi connectivity index (χ2v) is 11.3. The van der Waals surface area contributed by atoms with Crippen LogP contribution in [0.5, 0.6) is 0 Å². The Bertz CT molecular complexity index is 1050. The van der Waals surface area contributed by atoms with Crippen LogP contribution in [0, 0.1) is 5.82 Å². The van der Waals surface area contributed by atoms with Gasteiger partial charge in [-0.15, -0.1) is 0 Å². The molecule has 1 atom stereocenters. The Morgan fingerprint density at radius 3 is 2.58 bits per heavy atom. The largest absolute Gasteiger partial charge is 0.376 e. The number of imidazole rings is 1. The van der Waals surface area contributed by atoms with Gasteiger partial charge in [0.2, 0.25) is 15.0 Å². The summed E-state index contributed by atoms with van der Waals surface area (Å²) in [6, 6.07) is 5.78. The fourth-order valence-electron chi connectivity index (χ4n) is 3.81. The minimum Gasteiger partial charge on any atom is -0.376 e. The van der Waals surface area contributed by atoms with Crippen molar-refractivity contribution in [3.05, 3.63) is 47.5 Å². The van der Waals surface area contributed by atoms with Crippen molar-refractivity contribution in [2.75, 3.05) is 6.61 Å². The average Bonchev–Trinajstić information content (AvgIpc) is 3.37. The lowest BCUT2D eigenvalue weighted by Crippen LogP contribution is -2.46. The smallest absolute Gasteiger partial charge is 0.228 e. The van der Waals surface area contributed by atoms with Gasteiger partial charge < -0.3 is 19.5 Å². The Morgan fingerprint density at radius 2 is 2.00 bits per heavy atom. The van der Waals surface area contributed by atoms with E-state index in [9.17, 15) is 12.8 Å². The molecule has 0 amide bonds. The predicted octanol–water partition coefficient (Wildman–Crippen LogP) is 3.67. The fraction of sp³-hybridized carbons (Fsp3) is 0.565. The van der Waals surface area contributed by atoms with Gasteiger partial charge in [0, 0.05) is 18.7 Å². The molecule has 0 radical (unpaired) electrons. The van der Waals surface area contributed by atoms with Crippen molar-refractivity contribution in [3.63, 3.8) is 0 Å². The van der Waals surface area contributed by atoms with Crippen LogP contribution in [-0.2, 0) is 33.4 Å². The normalized spacial score (nSPS) is 16.5. The molecule has 7 nitrogen and oxygen atoms in total. The second kappa shape index (κ2) is 10.9. The molecule has 1 aromatic carbocycles. The maximum atomic E-state index is 13.3. The first-order chi connectivity index (χ1) is 15.6. The van der Waals surface area contributed by atoms with Crippen molar-refractivity contribution >= 4 is 27.2 Å². The third-order valence-electron chi connectivity index (χ3n) is 5.49. The number of rotatable bonds is 9. The summed E-state index contributed by atoms with van der Waals surface area (Å²) >= 11 is 5.60. The standard InChI is InChI=1S/C23H33FN4O3S2/c1-16(2)26-22(32)27(17(3)4)13-20-12-25-23(28(20)14-21-6-5-11-31-21)33(29,30)15-18-7-9-19(24)10-8-18/h7-10,12,16-17,21H,5-6,11,13-15H2,1-4H3,(H,26,32). The summed E-state index contributed by atoms with van der Waals surface area (Å²) in [5.41, 5.74) is 1.26. The molecule has 2 aromatic rings. The van der Waals surface area contributed by atoms with E-state index in [4.69, 9.17) is 17.0 Å². The van der Waals surface area contributed by atoms with Crippen molar-refractivity contribution in [2.24, 2.45) is 0 Å². The summed E-state index contributed by atoms with van der Waals surface area (Å²) in [5, 5.41) is 3.88. The summed E-state index contributed by atoms with van der Waals surface area (Å²) < 4.78 is 47.5. The molecule has 1 aliphatic rings. The molecule has 1 unspecified atom stereocenters. The van der Waals surface area contributed by atoms with E-state index in [0.29, 0.717) is 30.4 Å². The van der Waals surface area contributed by atoms with E-state index in [1.807, 2.05) is 32.6 Å². The van der Waals surface area contributed by atoms with Gasteiger partial charge in [-0.3, -0.25) is 0 Å². The number of nitrogens with zero attached hydrogens (tertiary/aromatic N) is 3. The minimum atomic E-state index is -3.77. The lowest BCUT2D eigenvalue weighted by Gasteiger charge is -2.31. The number of benzene rings is 1. The quantitative estimate of drug-likeness (QED) is 0.531. The highest BCUT2D eigenvalue weighted by Crippen LogP contribution is 2.23. The van der Waals surface area contributed by atoms with Gasteiger partial charge in [-0.2, -0.15) is 0 Å². The van der Waals surface area contributed by atoms with Crippen molar-refractivity contribution in [2.45, 2.75) is 82.7 Å². The van der Waals surface area contributed by atoms with E-state index in [2.05, 4.69) is 10.3 Å². The van der Waals surface area contributed by atoms with Crippen molar-refractivity contribution in [3.8, 4) is 0 Å². The number of ether oxygens (including phenoxy) is 1. The molecule has 1 N–H and O–H groups in total. The van der Waals surface area contributed by atoms with Crippen LogP contribution >= 0.6 is 12.2 Å². The first-order valence-electron chi connectivity index (χ1n) is 11.3. The Kier molecular flexibility index (Phi) is 8.47. The van der Waals surface area contributed by atoms with Crippen LogP contribution in [0.25, 0.3) is 0 Å². The molecule has 0 bridgehead atoms. The van der Waals surface area contributed by atoms with Crippen LogP contribution in [0.3, 0.4) is 0 Å². The van der Waals surface area contributed by atoms with Crippen molar-refractivity contribution in [1.29, 1.82) is 0 Å². The van der Waals surface area contributed by atoms with Gasteiger partial charge in [-0.25, -0.2) is 17.8 Å². The van der Waals surface area contributed by atoms with Crippen LogP contribution < -0.4 is 5.32 Å². The zero-order valence-corrected chi connectivity index (χ0v) is 21.3. The zero-order chi connectivity index (χ0) is 24.2. The molecule has 3 rings (SSSR count). The summed E-state index contributed by atoms with van der Waals surface area (Å²) in [7, 11) is -3.77. The Morgan fingerprint density at radius 1 is 1.30 bits per heavy atom. The number of halogens is 1. The fourth-order valence-corrected chi connectivity index (χ4v) is 5.82. The number of sulfone groups is 1. The van der Waals surface area contributed by atoms with E-state index in [1.54, 1.807) is 10.8 Å². The van der Waals surface area contributed by atoms with Crippen LogP contribution in [0.15, 0.2) is 35.6 Å². The zero-order valence-electron chi connectivity index (χ0n) is 19.6. The van der Waals surface area contributed by atoms with Crippen LogP contribution in [0.2, 0.25) is 0 Å². The number of aromatic nitrogens is 2. The van der Waals surface area contributed by atoms with Crippen LogP contribution in [-0.4, -0.2) is 52.8 Å². The molecule has 2 heterocycles. The number of hydrogen-bond acceptors (Lipinski definition) is 5. The van der Waals surface area contributed by atoms with Crippen molar-refractivity contribution in [1.82, 2.24) is 19.8 Å². The molecular formula is C23H33FN4O3S2. The summed E-state index contributed by atoms with van der Waals surface area (Å²) in [6.07, 6.45) is 3.37. The SMILES string of the molecule is CC(C)NC(=S)N(Cc1cnc(S(=O)(=O)Cc2ccc(F)cc2)n1CC1CCCO1)C(C)C. The van der Waals surface area contributed by atoms with Gasteiger partial charge in [0.1, 0.15) is 5.82 Å². The van der Waals surface area contributed by atoms with Gasteiger partial charge in [0.15, 0.2) is 5.11 Å². The Labute approximate surface area is 201 Å². The lowest BCUT2D eigenvalue weighted by molar-refractivity contribution is 0.0935. The average molecular weight is 497 g/mol. The highest BCUT2D eigenvalue weighted by Gasteiger charge is 2.28. The highest BCUT2D eigenvalue weighted by molar-refractivity contribution is 7.90. The van der Waals surface area contributed by atoms with Gasteiger partial charge in [-0.1, -0.05) is 12.1 Å². The Hall–Kier alpha value is -2.04. The summed E-state index contributed by atoms with van der Waals surface area (Å²) in [6.45, 7) is 9.63. The van der Waals surface area contributed by atoms with Gasteiger partial charge in [0.25, 0.3) is 0 Å². The van der Waals surface area contributed by atoms with E-state index in [0.717, 1.165) is 18.5 Å². The second-order valence-electron chi connectivity index (χ2n) is 8.99. The Balaban J connectivity index is 1.93. The molecule has 1 aliphatic heterocycles. The summed E-state index contributed by atoms with van der Waals surface area (Å²) in [4.78, 5) is 6.35. The molecule has 1 saturated heterocycles. The number of hydrogen-bond donors (Lipinski definition) is 1. The molecule has 0 aliphatic carbocycles. The van der Waals surface area contributed by atoms with Gasteiger partial charge in [-0.05, 0) is 70.5 Å². The van der Waals surface area contributed by atoms with E-state index >= 15 is 0 Å².